The van der Waals surface area contributed by atoms with Crippen LogP contribution >= 0.6 is 15.9 Å². The van der Waals surface area contributed by atoms with Crippen LogP contribution < -0.4 is 10.1 Å². The molecule has 1 N–H and O–H groups in total. The highest BCUT2D eigenvalue weighted by atomic mass is 79.9. The summed E-state index contributed by atoms with van der Waals surface area (Å²) in [5.41, 5.74) is 3.27. The van der Waals surface area contributed by atoms with E-state index in [1.165, 1.54) is 5.56 Å². The summed E-state index contributed by atoms with van der Waals surface area (Å²) < 4.78 is 6.65. The van der Waals surface area contributed by atoms with Gasteiger partial charge in [-0.1, -0.05) is 56.7 Å². The molecular weight excluding hydrogens is 468 g/mol. The van der Waals surface area contributed by atoms with Crippen LogP contribution in [0, 0.1) is 6.92 Å². The van der Waals surface area contributed by atoms with Crippen molar-refractivity contribution in [1.29, 1.82) is 0 Å². The Bertz CT molecular complexity index is 929. The number of amides is 2. The summed E-state index contributed by atoms with van der Waals surface area (Å²) in [5, 5.41) is 2.98. The van der Waals surface area contributed by atoms with Gasteiger partial charge in [0.25, 0.3) is 5.91 Å². The maximum absolute atomic E-state index is 13.2. The first kappa shape index (κ1) is 25.9. The summed E-state index contributed by atoms with van der Waals surface area (Å²) in [6.07, 6.45) is 0.827. The van der Waals surface area contributed by atoms with Gasteiger partial charge in [-0.05, 0) is 72.3 Å². The fraction of sp³-hybridized carbons (Fsp3) is 0.462. The number of carbonyl (C=O) groups excluding carboxylic acids is 2. The second-order valence-corrected chi connectivity index (χ2v) is 9.49. The van der Waals surface area contributed by atoms with Crippen LogP contribution in [-0.4, -0.2) is 35.4 Å². The van der Waals surface area contributed by atoms with Crippen LogP contribution in [0.1, 0.15) is 63.6 Å². The van der Waals surface area contributed by atoms with Crippen LogP contribution in [0.2, 0.25) is 0 Å². The third kappa shape index (κ3) is 7.37. The lowest BCUT2D eigenvalue weighted by molar-refractivity contribution is -0.142. The fourth-order valence-electron chi connectivity index (χ4n) is 3.27. The van der Waals surface area contributed by atoms with E-state index in [0.29, 0.717) is 18.2 Å². The summed E-state index contributed by atoms with van der Waals surface area (Å²) in [5.74, 6) is 0.604. The predicted molar refractivity (Wildman–Crippen MR) is 133 cm³/mol. The van der Waals surface area contributed by atoms with E-state index in [-0.39, 0.29) is 24.5 Å². The van der Waals surface area contributed by atoms with Gasteiger partial charge < -0.3 is 15.0 Å². The van der Waals surface area contributed by atoms with Crippen molar-refractivity contribution in [2.75, 3.05) is 6.61 Å². The summed E-state index contributed by atoms with van der Waals surface area (Å²) >= 11 is 3.54. The van der Waals surface area contributed by atoms with Gasteiger partial charge in [0.2, 0.25) is 5.91 Å². The number of nitrogens with one attached hydrogen (secondary N) is 1. The van der Waals surface area contributed by atoms with E-state index in [0.717, 1.165) is 22.0 Å². The van der Waals surface area contributed by atoms with Gasteiger partial charge in [0.1, 0.15) is 11.8 Å². The number of benzene rings is 2. The Morgan fingerprint density at radius 1 is 1.09 bits per heavy atom. The quantitative estimate of drug-likeness (QED) is 0.460. The number of hydrogen-bond acceptors (Lipinski definition) is 3. The number of halogens is 1. The van der Waals surface area contributed by atoms with Gasteiger partial charge in [0.05, 0.1) is 4.47 Å². The Labute approximate surface area is 200 Å². The molecule has 0 heterocycles. The number of nitrogens with zero attached hydrogens (tertiary/aromatic N) is 1. The van der Waals surface area contributed by atoms with Crippen LogP contribution in [0.5, 0.6) is 5.75 Å². The maximum Gasteiger partial charge on any atom is 0.261 e. The molecular formula is C26H35BrN2O3. The Balaban J connectivity index is 2.18. The first-order valence-corrected chi connectivity index (χ1v) is 12.0. The molecule has 2 unspecified atom stereocenters. The summed E-state index contributed by atoms with van der Waals surface area (Å²) in [7, 11) is 0. The summed E-state index contributed by atoms with van der Waals surface area (Å²) in [6, 6.07) is 13.3. The van der Waals surface area contributed by atoms with E-state index in [2.05, 4.69) is 35.1 Å². The van der Waals surface area contributed by atoms with Crippen LogP contribution in [0.4, 0.5) is 0 Å². The van der Waals surface area contributed by atoms with Gasteiger partial charge in [-0.3, -0.25) is 9.59 Å². The second-order valence-electron chi connectivity index (χ2n) is 8.64. The first-order chi connectivity index (χ1) is 15.1. The molecule has 2 rings (SSSR count). The molecule has 0 aliphatic heterocycles. The molecule has 2 aromatic carbocycles. The number of aryl methyl sites for hydroxylation is 1. The second kappa shape index (κ2) is 12.0. The Morgan fingerprint density at radius 2 is 1.81 bits per heavy atom. The van der Waals surface area contributed by atoms with Crippen molar-refractivity contribution in [3.05, 3.63) is 63.6 Å². The van der Waals surface area contributed by atoms with Crippen LogP contribution in [0.25, 0.3) is 0 Å². The van der Waals surface area contributed by atoms with E-state index in [1.807, 2.05) is 63.2 Å². The SMILES string of the molecule is CCC(C)NC(=O)C(C)N(Cc1cccc(C)c1)C(=O)COc1ccc(C(C)C)cc1Br. The highest BCUT2D eigenvalue weighted by Crippen LogP contribution is 2.29. The minimum atomic E-state index is -0.618. The van der Waals surface area contributed by atoms with Crippen molar-refractivity contribution in [1.82, 2.24) is 10.2 Å². The van der Waals surface area contributed by atoms with E-state index in [9.17, 15) is 9.59 Å². The molecule has 0 saturated carbocycles. The van der Waals surface area contributed by atoms with Gasteiger partial charge in [0, 0.05) is 12.6 Å². The van der Waals surface area contributed by atoms with Gasteiger partial charge >= 0.3 is 0 Å². The van der Waals surface area contributed by atoms with Crippen molar-refractivity contribution in [3.8, 4) is 5.75 Å². The topological polar surface area (TPSA) is 58.6 Å². The molecule has 5 nitrogen and oxygen atoms in total. The van der Waals surface area contributed by atoms with Gasteiger partial charge in [-0.25, -0.2) is 0 Å². The van der Waals surface area contributed by atoms with Gasteiger partial charge in [-0.15, -0.1) is 0 Å². The Hall–Kier alpha value is -2.34. The van der Waals surface area contributed by atoms with Crippen LogP contribution in [0.3, 0.4) is 0 Å². The van der Waals surface area contributed by atoms with Crippen LogP contribution in [-0.2, 0) is 16.1 Å². The Kier molecular flexibility index (Phi) is 9.76. The third-order valence-electron chi connectivity index (χ3n) is 5.58. The molecule has 174 valence electrons. The average Bonchev–Trinajstić information content (AvgIpc) is 2.75. The normalized spacial score (nSPS) is 12.9. The lowest BCUT2D eigenvalue weighted by Crippen LogP contribution is -2.50. The van der Waals surface area contributed by atoms with Crippen LogP contribution in [0.15, 0.2) is 46.9 Å². The molecule has 2 atom stereocenters. The minimum Gasteiger partial charge on any atom is -0.483 e. The molecule has 0 saturated heterocycles. The molecule has 2 aromatic rings. The van der Waals surface area contributed by atoms with Crippen molar-refractivity contribution in [2.24, 2.45) is 0 Å². The molecule has 6 heteroatoms. The zero-order valence-corrected chi connectivity index (χ0v) is 21.5. The number of ether oxygens (including phenoxy) is 1. The van der Waals surface area contributed by atoms with E-state index >= 15 is 0 Å². The van der Waals surface area contributed by atoms with E-state index in [4.69, 9.17) is 4.74 Å². The number of hydrogen-bond donors (Lipinski definition) is 1. The Morgan fingerprint density at radius 3 is 2.41 bits per heavy atom. The first-order valence-electron chi connectivity index (χ1n) is 11.2. The third-order valence-corrected chi connectivity index (χ3v) is 6.20. The summed E-state index contributed by atoms with van der Waals surface area (Å²) in [6.45, 7) is 12.2. The number of carbonyl (C=O) groups is 2. The van der Waals surface area contributed by atoms with Gasteiger partial charge in [-0.2, -0.15) is 0 Å². The van der Waals surface area contributed by atoms with Crippen molar-refractivity contribution >= 4 is 27.7 Å². The fourth-order valence-corrected chi connectivity index (χ4v) is 3.78. The molecule has 0 aliphatic carbocycles. The maximum atomic E-state index is 13.2. The zero-order chi connectivity index (χ0) is 23.8. The van der Waals surface area contributed by atoms with E-state index < -0.39 is 6.04 Å². The smallest absolute Gasteiger partial charge is 0.261 e. The molecule has 32 heavy (non-hydrogen) atoms. The molecule has 0 bridgehead atoms. The van der Waals surface area contributed by atoms with Crippen molar-refractivity contribution < 1.29 is 14.3 Å². The molecule has 0 spiro atoms. The molecule has 0 aliphatic rings. The van der Waals surface area contributed by atoms with Gasteiger partial charge in [0.15, 0.2) is 6.61 Å². The lowest BCUT2D eigenvalue weighted by Gasteiger charge is -2.29. The van der Waals surface area contributed by atoms with Crippen molar-refractivity contribution in [3.63, 3.8) is 0 Å². The minimum absolute atomic E-state index is 0.0487. The molecule has 0 radical (unpaired) electrons. The standard InChI is InChI=1S/C26H35BrN2O3/c1-7-19(5)28-26(31)20(6)29(15-21-10-8-9-18(4)13-21)25(30)16-32-24-12-11-22(17(2)3)14-23(24)27/h8-14,17,19-20H,7,15-16H2,1-6H3,(H,28,31). The predicted octanol–water partition coefficient (Wildman–Crippen LogP) is 5.59. The highest BCUT2D eigenvalue weighted by Gasteiger charge is 2.27. The lowest BCUT2D eigenvalue weighted by atomic mass is 10.0. The monoisotopic (exact) mass is 502 g/mol. The van der Waals surface area contributed by atoms with E-state index in [1.54, 1.807) is 11.8 Å². The molecule has 2 amide bonds. The largest absolute Gasteiger partial charge is 0.483 e. The molecule has 0 aromatic heterocycles. The highest BCUT2D eigenvalue weighted by molar-refractivity contribution is 9.10. The zero-order valence-electron chi connectivity index (χ0n) is 19.9. The molecule has 0 fully saturated rings. The summed E-state index contributed by atoms with van der Waals surface area (Å²) in [4.78, 5) is 27.6. The average molecular weight is 503 g/mol. The number of rotatable bonds is 10. The van der Waals surface area contributed by atoms with Crippen molar-refractivity contribution in [2.45, 2.75) is 72.5 Å².